The molecule has 0 radical (unpaired) electrons. The van der Waals surface area contributed by atoms with Crippen LogP contribution in [0, 0.1) is 12.8 Å². The number of halogens is 3. The predicted octanol–water partition coefficient (Wildman–Crippen LogP) is 4.48. The van der Waals surface area contributed by atoms with Gasteiger partial charge in [-0.2, -0.15) is 13.2 Å². The lowest BCUT2D eigenvalue weighted by molar-refractivity contribution is -0.150. The van der Waals surface area contributed by atoms with Crippen LogP contribution in [0.2, 0.25) is 0 Å². The molecule has 1 atom stereocenters. The number of rotatable bonds is 4. The van der Waals surface area contributed by atoms with Crippen molar-refractivity contribution in [2.75, 3.05) is 18.0 Å². The van der Waals surface area contributed by atoms with Crippen molar-refractivity contribution in [2.45, 2.75) is 32.5 Å². The van der Waals surface area contributed by atoms with E-state index in [0.717, 1.165) is 11.6 Å². The number of alkyl halides is 3. The molecule has 0 aliphatic carbocycles. The Kier molecular flexibility index (Phi) is 5.90. The van der Waals surface area contributed by atoms with E-state index in [4.69, 9.17) is 9.15 Å². The number of carbonyl (C=O) groups is 1. The van der Waals surface area contributed by atoms with E-state index in [9.17, 15) is 22.8 Å². The van der Waals surface area contributed by atoms with Crippen LogP contribution in [-0.4, -0.2) is 24.0 Å². The summed E-state index contributed by atoms with van der Waals surface area (Å²) in [6, 6.07) is 8.88. The van der Waals surface area contributed by atoms with Gasteiger partial charge in [0.05, 0.1) is 11.5 Å². The molecule has 0 saturated carbocycles. The molecule has 1 aromatic carbocycles. The summed E-state index contributed by atoms with van der Waals surface area (Å²) in [5, 5.41) is 0.663. The number of fused-ring (bicyclic) bond motifs is 1. The largest absolute Gasteiger partial charge is 0.461 e. The van der Waals surface area contributed by atoms with Crippen LogP contribution < -0.4 is 10.5 Å². The summed E-state index contributed by atoms with van der Waals surface area (Å²) in [4.78, 5) is 30.0. The molecule has 3 heterocycles. The van der Waals surface area contributed by atoms with Crippen LogP contribution in [0.1, 0.15) is 29.5 Å². The number of hydrogen-bond acceptors (Lipinski definition) is 6. The Morgan fingerprint density at radius 1 is 1.28 bits per heavy atom. The second-order valence-corrected chi connectivity index (χ2v) is 7.86. The monoisotopic (exact) mass is 446 g/mol. The fraction of sp³-hybridized carbons (Fsp3) is 0.348. The molecule has 168 valence electrons. The second-order valence-electron chi connectivity index (χ2n) is 7.86. The van der Waals surface area contributed by atoms with Crippen molar-refractivity contribution in [1.29, 1.82) is 0 Å². The minimum absolute atomic E-state index is 0.0792. The average Bonchev–Trinajstić information content (AvgIpc) is 2.76. The van der Waals surface area contributed by atoms with Gasteiger partial charge in [-0.15, -0.1) is 0 Å². The van der Waals surface area contributed by atoms with Gasteiger partial charge < -0.3 is 14.1 Å². The Labute approximate surface area is 181 Å². The van der Waals surface area contributed by atoms with Gasteiger partial charge in [-0.3, -0.25) is 4.79 Å². The van der Waals surface area contributed by atoms with Gasteiger partial charge in [0, 0.05) is 36.3 Å². The summed E-state index contributed by atoms with van der Waals surface area (Å²) >= 11 is 0. The number of hydrogen-bond donors (Lipinski definition) is 0. The highest BCUT2D eigenvalue weighted by Gasteiger charge is 2.37. The molecule has 1 aliphatic heterocycles. The molecule has 2 aromatic heterocycles. The number of anilines is 1. The van der Waals surface area contributed by atoms with E-state index in [1.165, 1.54) is 23.2 Å². The van der Waals surface area contributed by atoms with Gasteiger partial charge in [-0.05, 0) is 43.5 Å². The van der Waals surface area contributed by atoms with Crippen LogP contribution in [-0.2, 0) is 22.3 Å². The summed E-state index contributed by atoms with van der Waals surface area (Å²) in [7, 11) is 0. The average molecular weight is 446 g/mol. The Morgan fingerprint density at radius 3 is 2.88 bits per heavy atom. The summed E-state index contributed by atoms with van der Waals surface area (Å²) in [6.45, 7) is 2.19. The van der Waals surface area contributed by atoms with Crippen molar-refractivity contribution in [3.05, 3.63) is 69.7 Å². The first kappa shape index (κ1) is 21.9. The molecule has 0 amide bonds. The zero-order valence-corrected chi connectivity index (χ0v) is 17.3. The van der Waals surface area contributed by atoms with Gasteiger partial charge in [0.2, 0.25) is 0 Å². The minimum Gasteiger partial charge on any atom is -0.461 e. The second kappa shape index (κ2) is 8.64. The molecule has 0 spiro atoms. The zero-order valence-electron chi connectivity index (χ0n) is 17.3. The van der Waals surface area contributed by atoms with Gasteiger partial charge in [0.1, 0.15) is 18.0 Å². The fourth-order valence-corrected chi connectivity index (χ4v) is 3.96. The molecule has 1 unspecified atom stereocenters. The lowest BCUT2D eigenvalue weighted by Gasteiger charge is -2.33. The smallest absolute Gasteiger partial charge is 0.419 e. The summed E-state index contributed by atoms with van der Waals surface area (Å²) in [5.74, 6) is -1.30. The van der Waals surface area contributed by atoms with Gasteiger partial charge in [0.15, 0.2) is 0 Å². The molecular weight excluding hydrogens is 425 g/mol. The molecule has 4 rings (SSSR count). The molecule has 0 bridgehead atoms. The van der Waals surface area contributed by atoms with Crippen molar-refractivity contribution in [3.63, 3.8) is 0 Å². The topological polar surface area (TPSA) is 72.6 Å². The predicted molar refractivity (Wildman–Crippen MR) is 111 cm³/mol. The van der Waals surface area contributed by atoms with Gasteiger partial charge >= 0.3 is 17.8 Å². The fourth-order valence-electron chi connectivity index (χ4n) is 3.96. The molecule has 32 heavy (non-hydrogen) atoms. The molecule has 0 N–H and O–H groups in total. The standard InChI is InChI=1S/C23H21F3N2O4/c1-14-6-7-17-16(11-20(29)32-19(17)10-14)13-31-22(30)15-4-3-9-28(12-15)21-18(23(24,25)26)5-2-8-27-21/h2,5-8,10-11,15H,3-4,9,12-13H2,1H3. The zero-order chi connectivity index (χ0) is 22.9. The maximum Gasteiger partial charge on any atom is 0.419 e. The summed E-state index contributed by atoms with van der Waals surface area (Å²) in [5.41, 5.74) is 0.466. The van der Waals surface area contributed by atoms with Gasteiger partial charge in [-0.1, -0.05) is 12.1 Å². The third-order valence-corrected chi connectivity index (χ3v) is 5.50. The molecule has 1 aliphatic rings. The van der Waals surface area contributed by atoms with Crippen LogP contribution in [0.5, 0.6) is 0 Å². The number of nitrogens with zero attached hydrogens (tertiary/aromatic N) is 2. The van der Waals surface area contributed by atoms with Gasteiger partial charge in [-0.25, -0.2) is 9.78 Å². The Hall–Kier alpha value is -3.36. The third-order valence-electron chi connectivity index (χ3n) is 5.50. The van der Waals surface area contributed by atoms with Gasteiger partial charge in [0.25, 0.3) is 0 Å². The molecule has 1 fully saturated rings. The highest BCUT2D eigenvalue weighted by Crippen LogP contribution is 2.36. The molecule has 9 heteroatoms. The van der Waals surface area contributed by atoms with Crippen LogP contribution >= 0.6 is 0 Å². The highest BCUT2D eigenvalue weighted by molar-refractivity contribution is 5.81. The summed E-state index contributed by atoms with van der Waals surface area (Å²) < 4.78 is 50.7. The van der Waals surface area contributed by atoms with E-state index < -0.39 is 29.3 Å². The first-order valence-electron chi connectivity index (χ1n) is 10.2. The highest BCUT2D eigenvalue weighted by atomic mass is 19.4. The van der Waals surface area contributed by atoms with Crippen LogP contribution in [0.4, 0.5) is 19.0 Å². The van der Waals surface area contributed by atoms with E-state index in [1.807, 2.05) is 13.0 Å². The Morgan fingerprint density at radius 2 is 2.09 bits per heavy atom. The van der Waals surface area contributed by atoms with E-state index >= 15 is 0 Å². The number of carbonyl (C=O) groups excluding carboxylic acids is 1. The van der Waals surface area contributed by atoms with Crippen molar-refractivity contribution in [3.8, 4) is 0 Å². The summed E-state index contributed by atoms with van der Waals surface area (Å²) in [6.07, 6.45) is -2.20. The lowest BCUT2D eigenvalue weighted by atomic mass is 9.97. The van der Waals surface area contributed by atoms with E-state index in [2.05, 4.69) is 4.98 Å². The van der Waals surface area contributed by atoms with Crippen molar-refractivity contribution < 1.29 is 27.1 Å². The molecule has 3 aromatic rings. The minimum atomic E-state index is -4.54. The Bertz CT molecular complexity index is 1210. The SMILES string of the molecule is Cc1ccc2c(COC(=O)C3CCCN(c4ncccc4C(F)(F)F)C3)cc(=O)oc2c1. The first-order valence-corrected chi connectivity index (χ1v) is 10.2. The normalized spacial score (nSPS) is 16.9. The van der Waals surface area contributed by atoms with Crippen LogP contribution in [0.25, 0.3) is 11.0 Å². The number of piperidine rings is 1. The molecular formula is C23H21F3N2O4. The number of aromatic nitrogens is 1. The number of esters is 1. The van der Waals surface area contributed by atoms with Crippen molar-refractivity contribution in [2.24, 2.45) is 5.92 Å². The maximum atomic E-state index is 13.4. The maximum absolute atomic E-state index is 13.4. The number of pyridine rings is 1. The Balaban J connectivity index is 1.49. The lowest BCUT2D eigenvalue weighted by Crippen LogP contribution is -2.40. The van der Waals surface area contributed by atoms with E-state index in [1.54, 1.807) is 12.1 Å². The van der Waals surface area contributed by atoms with Crippen LogP contribution in [0.3, 0.4) is 0 Å². The third kappa shape index (κ3) is 4.61. The van der Waals surface area contributed by atoms with Crippen LogP contribution in [0.15, 0.2) is 51.8 Å². The number of benzene rings is 1. The van der Waals surface area contributed by atoms with Crippen molar-refractivity contribution in [1.82, 2.24) is 4.98 Å². The van der Waals surface area contributed by atoms with E-state index in [0.29, 0.717) is 35.9 Å². The number of aryl methyl sites for hydroxylation is 1. The first-order chi connectivity index (χ1) is 15.2. The quantitative estimate of drug-likeness (QED) is 0.435. The van der Waals surface area contributed by atoms with Crippen molar-refractivity contribution >= 4 is 22.8 Å². The number of ether oxygens (including phenoxy) is 1. The molecule has 1 saturated heterocycles. The molecule has 6 nitrogen and oxygen atoms in total. The van der Waals surface area contributed by atoms with E-state index in [-0.39, 0.29) is 19.0 Å².